The number of rotatable bonds is 5. The Morgan fingerprint density at radius 1 is 1.06 bits per heavy atom. The molecule has 0 N–H and O–H groups in total. The molecule has 2 aromatic carbocycles. The van der Waals surface area contributed by atoms with Crippen LogP contribution in [0.3, 0.4) is 0 Å². The van der Waals surface area contributed by atoms with E-state index in [9.17, 15) is 4.79 Å². The van der Waals surface area contributed by atoms with Crippen LogP contribution in [0, 0.1) is 5.92 Å². The first kappa shape index (κ1) is 22.1. The Balaban J connectivity index is 1.33. The van der Waals surface area contributed by atoms with E-state index in [-0.39, 0.29) is 11.8 Å². The molecule has 3 atom stereocenters. The lowest BCUT2D eigenvalue weighted by atomic mass is 9.92. The Hall–Kier alpha value is -2.11. The highest BCUT2D eigenvalue weighted by Gasteiger charge is 2.29. The van der Waals surface area contributed by atoms with E-state index in [1.165, 1.54) is 0 Å². The normalized spacial score (nSPS) is 24.3. The van der Waals surface area contributed by atoms with Gasteiger partial charge in [0, 0.05) is 32.7 Å². The maximum absolute atomic E-state index is 13.2. The SMILES string of the molecule is COc1ccc2cc([C@H](C)C(=O)N3CCC(CN4CC(C)OC(C)C4)CC3)ccc2c1. The van der Waals surface area contributed by atoms with E-state index in [1.807, 2.05) is 19.1 Å². The monoisotopic (exact) mass is 424 g/mol. The molecule has 5 nitrogen and oxygen atoms in total. The van der Waals surface area contributed by atoms with Gasteiger partial charge >= 0.3 is 0 Å². The molecule has 0 radical (unpaired) electrons. The third-order valence-electron chi connectivity index (χ3n) is 6.88. The smallest absolute Gasteiger partial charge is 0.229 e. The second-order valence-electron chi connectivity index (χ2n) is 9.44. The van der Waals surface area contributed by atoms with Gasteiger partial charge in [0.25, 0.3) is 0 Å². The molecule has 31 heavy (non-hydrogen) atoms. The first-order valence-electron chi connectivity index (χ1n) is 11.7. The first-order valence-corrected chi connectivity index (χ1v) is 11.7. The van der Waals surface area contributed by atoms with Gasteiger partial charge in [-0.05, 0) is 68.0 Å². The van der Waals surface area contributed by atoms with Crippen LogP contribution in [0.2, 0.25) is 0 Å². The minimum absolute atomic E-state index is 0.121. The topological polar surface area (TPSA) is 42.0 Å². The highest BCUT2D eigenvalue weighted by Crippen LogP contribution is 2.28. The minimum atomic E-state index is -0.121. The number of likely N-dealkylation sites (tertiary alicyclic amines) is 1. The molecule has 0 aliphatic carbocycles. The number of fused-ring (bicyclic) bond motifs is 1. The van der Waals surface area contributed by atoms with Crippen LogP contribution in [0.1, 0.15) is 45.1 Å². The summed E-state index contributed by atoms with van der Waals surface area (Å²) in [6, 6.07) is 12.4. The van der Waals surface area contributed by atoms with Gasteiger partial charge in [0.2, 0.25) is 5.91 Å². The number of amides is 1. The van der Waals surface area contributed by atoms with Gasteiger partial charge in [-0.1, -0.05) is 24.3 Å². The van der Waals surface area contributed by atoms with Crippen LogP contribution in [-0.4, -0.2) is 67.7 Å². The number of carbonyl (C=O) groups is 1. The van der Waals surface area contributed by atoms with Crippen molar-refractivity contribution in [3.05, 3.63) is 42.0 Å². The van der Waals surface area contributed by atoms with Gasteiger partial charge in [0.1, 0.15) is 5.75 Å². The molecule has 0 bridgehead atoms. The summed E-state index contributed by atoms with van der Waals surface area (Å²) in [5.74, 6) is 1.66. The number of nitrogens with zero attached hydrogens (tertiary/aromatic N) is 2. The van der Waals surface area contributed by atoms with Gasteiger partial charge in [0.05, 0.1) is 25.2 Å². The number of methoxy groups -OCH3 is 1. The summed E-state index contributed by atoms with van der Waals surface area (Å²) in [6.45, 7) is 11.3. The highest BCUT2D eigenvalue weighted by atomic mass is 16.5. The number of ether oxygens (including phenoxy) is 2. The third-order valence-corrected chi connectivity index (χ3v) is 6.88. The Morgan fingerprint density at radius 2 is 1.71 bits per heavy atom. The van der Waals surface area contributed by atoms with Crippen molar-refractivity contribution in [2.45, 2.75) is 51.7 Å². The summed E-state index contributed by atoms with van der Waals surface area (Å²) in [7, 11) is 1.68. The second-order valence-corrected chi connectivity index (χ2v) is 9.44. The van der Waals surface area contributed by atoms with Crippen molar-refractivity contribution in [1.29, 1.82) is 0 Å². The van der Waals surface area contributed by atoms with Crippen LogP contribution in [-0.2, 0) is 9.53 Å². The Morgan fingerprint density at radius 3 is 2.39 bits per heavy atom. The Labute approximate surface area is 186 Å². The molecule has 2 aliphatic rings. The fraction of sp³-hybridized carbons (Fsp3) is 0.577. The van der Waals surface area contributed by atoms with Gasteiger partial charge < -0.3 is 14.4 Å². The summed E-state index contributed by atoms with van der Waals surface area (Å²) in [6.07, 6.45) is 2.82. The number of hydrogen-bond donors (Lipinski definition) is 0. The molecule has 0 saturated carbocycles. The highest BCUT2D eigenvalue weighted by molar-refractivity contribution is 5.88. The average Bonchev–Trinajstić information content (AvgIpc) is 2.77. The zero-order valence-electron chi connectivity index (χ0n) is 19.3. The third kappa shape index (κ3) is 5.21. The number of benzene rings is 2. The van der Waals surface area contributed by atoms with E-state index in [0.717, 1.165) is 67.7 Å². The molecule has 2 fully saturated rings. The zero-order chi connectivity index (χ0) is 22.0. The van der Waals surface area contributed by atoms with Crippen LogP contribution in [0.25, 0.3) is 10.8 Å². The second kappa shape index (κ2) is 9.58. The summed E-state index contributed by atoms with van der Waals surface area (Å²) in [5.41, 5.74) is 1.08. The molecule has 2 aliphatic heterocycles. The van der Waals surface area contributed by atoms with E-state index in [1.54, 1.807) is 7.11 Å². The van der Waals surface area contributed by atoms with E-state index in [0.29, 0.717) is 18.1 Å². The predicted molar refractivity (Wildman–Crippen MR) is 125 cm³/mol. The molecule has 2 heterocycles. The number of hydrogen-bond acceptors (Lipinski definition) is 4. The summed E-state index contributed by atoms with van der Waals surface area (Å²) < 4.78 is 11.2. The molecule has 168 valence electrons. The molecule has 4 rings (SSSR count). The fourth-order valence-corrected chi connectivity index (χ4v) is 5.19. The van der Waals surface area contributed by atoms with Gasteiger partial charge in [-0.15, -0.1) is 0 Å². The molecule has 1 amide bonds. The summed E-state index contributed by atoms with van der Waals surface area (Å²) in [5, 5.41) is 2.28. The maximum Gasteiger partial charge on any atom is 0.229 e. The Kier molecular flexibility index (Phi) is 6.83. The Bertz CT molecular complexity index is 897. The fourth-order valence-electron chi connectivity index (χ4n) is 5.19. The van der Waals surface area contributed by atoms with Crippen molar-refractivity contribution in [3.8, 4) is 5.75 Å². The van der Waals surface area contributed by atoms with E-state index < -0.39 is 0 Å². The molecule has 5 heteroatoms. The van der Waals surface area contributed by atoms with Gasteiger partial charge in [-0.2, -0.15) is 0 Å². The van der Waals surface area contributed by atoms with E-state index in [4.69, 9.17) is 9.47 Å². The lowest BCUT2D eigenvalue weighted by molar-refractivity contribution is -0.134. The first-order chi connectivity index (χ1) is 14.9. The van der Waals surface area contributed by atoms with Crippen molar-refractivity contribution in [2.75, 3.05) is 39.8 Å². The van der Waals surface area contributed by atoms with Crippen molar-refractivity contribution < 1.29 is 14.3 Å². The standard InChI is InChI=1S/C26H36N2O3/c1-18-15-27(16-19(2)31-18)17-21-9-11-28(12-10-21)26(29)20(3)22-5-6-24-14-25(30-4)8-7-23(24)13-22/h5-8,13-14,18-21H,9-12,15-17H2,1-4H3/t18?,19?,20-/m0/s1. The molecule has 2 unspecified atom stereocenters. The number of morpholine rings is 1. The van der Waals surface area contributed by atoms with Crippen molar-refractivity contribution in [1.82, 2.24) is 9.80 Å². The largest absolute Gasteiger partial charge is 0.497 e. The lowest BCUT2D eigenvalue weighted by Crippen LogP contribution is -2.49. The molecular formula is C26H36N2O3. The number of piperidine rings is 1. The van der Waals surface area contributed by atoms with Crippen LogP contribution in [0.4, 0.5) is 0 Å². The quantitative estimate of drug-likeness (QED) is 0.718. The van der Waals surface area contributed by atoms with Crippen LogP contribution in [0.15, 0.2) is 36.4 Å². The van der Waals surface area contributed by atoms with Crippen molar-refractivity contribution in [3.63, 3.8) is 0 Å². The van der Waals surface area contributed by atoms with E-state index in [2.05, 4.69) is 47.9 Å². The summed E-state index contributed by atoms with van der Waals surface area (Å²) in [4.78, 5) is 17.8. The predicted octanol–water partition coefficient (Wildman–Crippen LogP) is 4.30. The van der Waals surface area contributed by atoms with Gasteiger partial charge in [0.15, 0.2) is 0 Å². The van der Waals surface area contributed by atoms with Crippen LogP contribution >= 0.6 is 0 Å². The molecule has 0 aromatic heterocycles. The van der Waals surface area contributed by atoms with Crippen molar-refractivity contribution >= 4 is 16.7 Å². The maximum atomic E-state index is 13.2. The molecule has 2 saturated heterocycles. The lowest BCUT2D eigenvalue weighted by Gasteiger charge is -2.40. The number of carbonyl (C=O) groups excluding carboxylic acids is 1. The van der Waals surface area contributed by atoms with Gasteiger partial charge in [-0.3, -0.25) is 9.69 Å². The summed E-state index contributed by atoms with van der Waals surface area (Å²) >= 11 is 0. The van der Waals surface area contributed by atoms with E-state index >= 15 is 0 Å². The van der Waals surface area contributed by atoms with Gasteiger partial charge in [-0.25, -0.2) is 0 Å². The minimum Gasteiger partial charge on any atom is -0.497 e. The molecular weight excluding hydrogens is 388 g/mol. The van der Waals surface area contributed by atoms with Crippen LogP contribution < -0.4 is 4.74 Å². The molecule has 2 aromatic rings. The average molecular weight is 425 g/mol. The van der Waals surface area contributed by atoms with Crippen LogP contribution in [0.5, 0.6) is 5.75 Å². The molecule has 0 spiro atoms. The zero-order valence-corrected chi connectivity index (χ0v) is 19.3. The van der Waals surface area contributed by atoms with Crippen molar-refractivity contribution in [2.24, 2.45) is 5.92 Å².